The lowest BCUT2D eigenvalue weighted by Gasteiger charge is -2.26. The standard InChI is InChI=1S/C28H36N5O2.C21H29N5O2.C7H7Br.BrH/c1-28(2,3)35-27(34)33-19-23-16-32(17-24(23)20-33)18-25-15-30(4)29-26(25)22-10-12-31(13-11-22)14-21-8-6-5-7-9-21;1-21(2,3)28-20(27)26-13-16-10-25(11-17(16)14-26)12-18-9-24(4)23-19(18)15-5-7-22-8-6-15;8-6-7-4-2-1-3-5-7;/h5-13,15,23-24H,14,16-20H2,1-4H3;5-9,16-17H,10-14H2,1-4H3;1-5H,6H2;1H/q+1;;;/p-1. The van der Waals surface area contributed by atoms with Crippen LogP contribution < -0.4 is 21.5 Å². The number of nitrogens with zero attached hydrogens (tertiary/aromatic N) is 10. The van der Waals surface area contributed by atoms with E-state index in [-0.39, 0.29) is 29.2 Å². The van der Waals surface area contributed by atoms with Crippen LogP contribution >= 0.6 is 15.9 Å². The van der Waals surface area contributed by atoms with Crippen LogP contribution in [-0.4, -0.2) is 120 Å². The average molecular weight is 1110 g/mol. The summed E-state index contributed by atoms with van der Waals surface area (Å²) in [5.41, 5.74) is 8.52. The molecule has 0 bridgehead atoms. The van der Waals surface area contributed by atoms with Crippen LogP contribution in [0.2, 0.25) is 0 Å². The van der Waals surface area contributed by atoms with Gasteiger partial charge in [-0.2, -0.15) is 10.2 Å². The molecule has 4 atom stereocenters. The summed E-state index contributed by atoms with van der Waals surface area (Å²) in [7, 11) is 3.95. The van der Waals surface area contributed by atoms with E-state index < -0.39 is 11.2 Å². The fourth-order valence-electron chi connectivity index (χ4n) is 10.3. The number of aryl methyl sites for hydroxylation is 2. The number of likely N-dealkylation sites (tertiary alicyclic amines) is 4. The molecule has 16 heteroatoms. The number of hydrogen-bond donors (Lipinski definition) is 0. The Labute approximate surface area is 445 Å². The zero-order valence-electron chi connectivity index (χ0n) is 43.2. The number of carbonyl (C=O) groups excluding carboxylic acids is 2. The fourth-order valence-corrected chi connectivity index (χ4v) is 10.6. The van der Waals surface area contributed by atoms with Gasteiger partial charge in [-0.25, -0.2) is 14.2 Å². The van der Waals surface area contributed by atoms with Gasteiger partial charge in [0.15, 0.2) is 18.9 Å². The highest BCUT2D eigenvalue weighted by molar-refractivity contribution is 9.08. The van der Waals surface area contributed by atoms with E-state index in [1.165, 1.54) is 22.3 Å². The number of benzene rings is 2. The Morgan fingerprint density at radius 1 is 0.583 bits per heavy atom. The first kappa shape index (κ1) is 54.4. The largest absolute Gasteiger partial charge is 1.00 e. The minimum absolute atomic E-state index is 0. The van der Waals surface area contributed by atoms with Crippen molar-refractivity contribution in [1.82, 2.24) is 44.1 Å². The Balaban J connectivity index is 0.000000184. The van der Waals surface area contributed by atoms with Gasteiger partial charge in [0.2, 0.25) is 0 Å². The van der Waals surface area contributed by atoms with Crippen LogP contribution in [0.1, 0.15) is 63.8 Å². The molecule has 2 amide bonds. The Morgan fingerprint density at radius 2 is 0.972 bits per heavy atom. The van der Waals surface area contributed by atoms with Crippen molar-refractivity contribution in [2.75, 3.05) is 52.4 Å². The van der Waals surface area contributed by atoms with Crippen molar-refractivity contribution >= 4 is 28.1 Å². The van der Waals surface area contributed by atoms with Gasteiger partial charge in [-0.1, -0.05) is 76.6 Å². The molecule has 4 unspecified atom stereocenters. The molecular weight excluding hydrogens is 1040 g/mol. The molecular formula is C56H72Br2N10O4. The molecule has 6 aromatic rings. The second-order valence-electron chi connectivity index (χ2n) is 21.7. The highest BCUT2D eigenvalue weighted by Crippen LogP contribution is 2.35. The third-order valence-electron chi connectivity index (χ3n) is 13.3. The number of halogens is 2. The van der Waals surface area contributed by atoms with Crippen LogP contribution in [0.15, 0.2) is 122 Å². The number of aromatic nitrogens is 6. The number of alkyl halides is 1. The summed E-state index contributed by atoms with van der Waals surface area (Å²) in [5.74, 6) is 2.06. The summed E-state index contributed by atoms with van der Waals surface area (Å²) in [6, 6.07) is 29.1. The Kier molecular flexibility index (Phi) is 18.2. The summed E-state index contributed by atoms with van der Waals surface area (Å²) < 4.78 is 17.1. The molecule has 4 aromatic heterocycles. The molecule has 4 aliphatic rings. The van der Waals surface area contributed by atoms with Crippen molar-refractivity contribution in [3.05, 3.63) is 144 Å². The molecule has 14 nitrogen and oxygen atoms in total. The fraction of sp³-hybridized carbons (Fsp3) is 0.464. The average Bonchev–Trinajstić information content (AvgIpc) is 4.19. The maximum atomic E-state index is 12.5. The van der Waals surface area contributed by atoms with E-state index in [1.54, 1.807) is 12.4 Å². The number of hydrogen-bond acceptors (Lipinski definition) is 9. The number of rotatable bonds is 9. The van der Waals surface area contributed by atoms with Gasteiger partial charge in [0.05, 0.1) is 11.4 Å². The minimum atomic E-state index is -0.449. The third-order valence-corrected chi connectivity index (χ3v) is 14.0. The molecule has 4 fully saturated rings. The van der Waals surface area contributed by atoms with Crippen molar-refractivity contribution in [2.45, 2.75) is 77.7 Å². The zero-order valence-corrected chi connectivity index (χ0v) is 46.4. The summed E-state index contributed by atoms with van der Waals surface area (Å²) >= 11 is 3.36. The normalized spacial score (nSPS) is 19.6. The molecule has 72 heavy (non-hydrogen) atoms. The maximum absolute atomic E-state index is 12.5. The quantitative estimate of drug-likeness (QED) is 0.125. The van der Waals surface area contributed by atoms with Gasteiger partial charge in [-0.3, -0.25) is 24.1 Å². The number of ether oxygens (including phenoxy) is 2. The SMILES string of the molecule is BrCc1ccccc1.Cn1cc(CN2CC3CN(C(=O)OC(C)(C)C)CC3C2)c(-c2cc[n+](Cc3ccccc3)cc2)n1.Cn1cc(CN2CC3CN(C(=O)OC(C)(C)C)CC3C2)c(-c2ccncc2)n1.[Br-]. The van der Waals surface area contributed by atoms with Crippen LogP contribution in [0.4, 0.5) is 9.59 Å². The van der Waals surface area contributed by atoms with Gasteiger partial charge >= 0.3 is 12.2 Å². The molecule has 0 saturated carbocycles. The van der Waals surface area contributed by atoms with E-state index in [1.807, 2.05) is 111 Å². The molecule has 4 saturated heterocycles. The second-order valence-corrected chi connectivity index (χ2v) is 22.2. The lowest BCUT2D eigenvalue weighted by Crippen LogP contribution is -3.00. The van der Waals surface area contributed by atoms with Crippen LogP contribution in [0.5, 0.6) is 0 Å². The molecule has 2 aromatic carbocycles. The first-order chi connectivity index (χ1) is 33.9. The Morgan fingerprint density at radius 3 is 1.35 bits per heavy atom. The lowest BCUT2D eigenvalue weighted by atomic mass is 10.0. The van der Waals surface area contributed by atoms with E-state index in [9.17, 15) is 9.59 Å². The highest BCUT2D eigenvalue weighted by atomic mass is 79.9. The summed E-state index contributed by atoms with van der Waals surface area (Å²) in [5, 5.41) is 10.4. The summed E-state index contributed by atoms with van der Waals surface area (Å²) in [6.07, 6.45) is 11.8. The van der Waals surface area contributed by atoms with E-state index in [0.29, 0.717) is 23.7 Å². The van der Waals surface area contributed by atoms with Crippen molar-refractivity contribution in [2.24, 2.45) is 37.8 Å². The van der Waals surface area contributed by atoms with Gasteiger partial charge in [-0.15, -0.1) is 0 Å². The topological polar surface area (TPSA) is 118 Å². The van der Waals surface area contributed by atoms with Crippen LogP contribution in [-0.2, 0) is 48.5 Å². The monoisotopic (exact) mass is 1110 g/mol. The molecule has 0 N–H and O–H groups in total. The van der Waals surface area contributed by atoms with Gasteiger partial charge in [0.25, 0.3) is 0 Å². The van der Waals surface area contributed by atoms with E-state index >= 15 is 0 Å². The van der Waals surface area contributed by atoms with E-state index in [4.69, 9.17) is 14.6 Å². The molecule has 4 aliphatic heterocycles. The predicted molar refractivity (Wildman–Crippen MR) is 280 cm³/mol. The molecule has 0 spiro atoms. The van der Waals surface area contributed by atoms with Crippen LogP contribution in [0.3, 0.4) is 0 Å². The van der Waals surface area contributed by atoms with Crippen molar-refractivity contribution < 1.29 is 40.6 Å². The first-order valence-electron chi connectivity index (χ1n) is 24.9. The smallest absolute Gasteiger partial charge is 0.410 e. The third kappa shape index (κ3) is 14.9. The second kappa shape index (κ2) is 24.1. The minimum Gasteiger partial charge on any atom is -1.00 e. The van der Waals surface area contributed by atoms with Gasteiger partial charge in [0, 0.05) is 150 Å². The van der Waals surface area contributed by atoms with Gasteiger partial charge in [-0.05, 0) is 82.9 Å². The van der Waals surface area contributed by atoms with Crippen LogP contribution in [0, 0.1) is 23.7 Å². The molecule has 0 radical (unpaired) electrons. The summed E-state index contributed by atoms with van der Waals surface area (Å²) in [4.78, 5) is 37.7. The molecule has 10 rings (SSSR count). The number of fused-ring (bicyclic) bond motifs is 2. The lowest BCUT2D eigenvalue weighted by molar-refractivity contribution is -0.688. The van der Waals surface area contributed by atoms with Crippen LogP contribution in [0.25, 0.3) is 22.5 Å². The predicted octanol–water partition coefficient (Wildman–Crippen LogP) is 6.09. The maximum Gasteiger partial charge on any atom is 0.410 e. The molecule has 384 valence electrons. The van der Waals surface area contributed by atoms with Gasteiger partial charge < -0.3 is 36.3 Å². The molecule has 8 heterocycles. The highest BCUT2D eigenvalue weighted by Gasteiger charge is 2.44. The first-order valence-corrected chi connectivity index (χ1v) is 26.1. The number of carbonyl (C=O) groups is 2. The van der Waals surface area contributed by atoms with Crippen molar-refractivity contribution in [3.63, 3.8) is 0 Å². The Bertz CT molecular complexity index is 2640. The van der Waals surface area contributed by atoms with Crippen molar-refractivity contribution in [1.29, 1.82) is 0 Å². The Hall–Kier alpha value is -5.42. The zero-order chi connectivity index (χ0) is 50.3. The number of pyridine rings is 2. The van der Waals surface area contributed by atoms with E-state index in [2.05, 4.69) is 114 Å². The van der Waals surface area contributed by atoms with Crippen molar-refractivity contribution in [3.8, 4) is 22.5 Å². The van der Waals surface area contributed by atoms with E-state index in [0.717, 1.165) is 99.8 Å². The number of amides is 2. The molecule has 0 aliphatic carbocycles. The summed E-state index contributed by atoms with van der Waals surface area (Å²) in [6.45, 7) is 21.3. The van der Waals surface area contributed by atoms with Gasteiger partial charge in [0.1, 0.15) is 11.2 Å².